The molecule has 13 heteroatoms. The maximum Gasteiger partial charge on any atom is 0.573 e. The summed E-state index contributed by atoms with van der Waals surface area (Å²) in [6.07, 6.45) is -4.91. The topological polar surface area (TPSA) is 92.8 Å². The number of nitrogens with zero attached hydrogens (tertiary/aromatic N) is 1. The lowest BCUT2D eigenvalue weighted by molar-refractivity contribution is -0.274. The van der Waals surface area contributed by atoms with E-state index in [1.165, 1.54) is 25.2 Å². The van der Waals surface area contributed by atoms with E-state index in [9.17, 15) is 30.0 Å². The van der Waals surface area contributed by atoms with Gasteiger partial charge in [0.25, 0.3) is 20.0 Å². The number of thiophene rings is 1. The van der Waals surface area contributed by atoms with Crippen LogP contribution in [-0.4, -0.2) is 30.2 Å². The summed E-state index contributed by atoms with van der Waals surface area (Å²) in [6.45, 7) is 0. The maximum absolute atomic E-state index is 13.3. The molecule has 1 N–H and O–H groups in total. The molecule has 0 aliphatic rings. The number of hydrogen-bond donors (Lipinski definition) is 1. The fourth-order valence-electron chi connectivity index (χ4n) is 3.21. The molecule has 0 aliphatic heterocycles. The second kappa shape index (κ2) is 9.06. The number of ether oxygens (including phenoxy) is 1. The van der Waals surface area contributed by atoms with Crippen molar-refractivity contribution in [3.05, 3.63) is 78.9 Å². The van der Waals surface area contributed by atoms with Gasteiger partial charge in [-0.1, -0.05) is 30.3 Å². The first kappa shape index (κ1) is 24.8. The molecular weight excluding hydrogens is 525 g/mol. The third-order valence-electron chi connectivity index (χ3n) is 4.87. The van der Waals surface area contributed by atoms with E-state index in [2.05, 4.69) is 9.46 Å². The van der Waals surface area contributed by atoms with Crippen molar-refractivity contribution in [2.75, 3.05) is 16.1 Å². The molecule has 35 heavy (non-hydrogen) atoms. The third kappa shape index (κ3) is 5.36. The molecule has 3 aromatic carbocycles. The lowest BCUT2D eigenvalue weighted by atomic mass is 10.3. The summed E-state index contributed by atoms with van der Waals surface area (Å²) in [7, 11) is -6.99. The molecule has 0 unspecified atom stereocenters. The highest BCUT2D eigenvalue weighted by atomic mass is 32.2. The number of anilines is 2. The van der Waals surface area contributed by atoms with Crippen molar-refractivity contribution in [2.45, 2.75) is 15.5 Å². The van der Waals surface area contributed by atoms with E-state index in [1.807, 2.05) is 0 Å². The van der Waals surface area contributed by atoms with Crippen LogP contribution in [-0.2, 0) is 20.0 Å². The van der Waals surface area contributed by atoms with Crippen LogP contribution in [0.2, 0.25) is 0 Å². The minimum Gasteiger partial charge on any atom is -0.406 e. The second-order valence-corrected chi connectivity index (χ2v) is 12.2. The van der Waals surface area contributed by atoms with Crippen molar-refractivity contribution in [3.63, 3.8) is 0 Å². The Morgan fingerprint density at radius 1 is 0.886 bits per heavy atom. The van der Waals surface area contributed by atoms with E-state index in [1.54, 1.807) is 36.4 Å². The van der Waals surface area contributed by atoms with Crippen molar-refractivity contribution in [1.29, 1.82) is 0 Å². The van der Waals surface area contributed by atoms with Gasteiger partial charge >= 0.3 is 6.36 Å². The number of alkyl halides is 3. The highest BCUT2D eigenvalue weighted by molar-refractivity contribution is 7.95. The molecule has 1 heterocycles. The maximum atomic E-state index is 13.3. The van der Waals surface area contributed by atoms with E-state index in [0.29, 0.717) is 0 Å². The third-order valence-corrected chi connectivity index (χ3v) is 9.59. The molecular formula is C22H17F3N2O5S3. The smallest absolute Gasteiger partial charge is 0.406 e. The van der Waals surface area contributed by atoms with Crippen LogP contribution in [0.1, 0.15) is 0 Å². The fraction of sp³-hybridized carbons (Fsp3) is 0.0909. The Morgan fingerprint density at radius 2 is 1.51 bits per heavy atom. The monoisotopic (exact) mass is 542 g/mol. The minimum atomic E-state index is -4.91. The van der Waals surface area contributed by atoms with E-state index in [4.69, 9.17) is 0 Å². The molecule has 0 spiro atoms. The predicted octanol–water partition coefficient (Wildman–Crippen LogP) is 5.43. The van der Waals surface area contributed by atoms with Crippen LogP contribution in [0.5, 0.6) is 5.75 Å². The molecule has 4 rings (SSSR count). The number of nitrogens with one attached hydrogen (secondary N) is 1. The highest BCUT2D eigenvalue weighted by Crippen LogP contribution is 2.35. The number of halogens is 3. The molecule has 0 radical (unpaired) electrons. The molecule has 0 saturated carbocycles. The molecule has 0 atom stereocenters. The first-order valence-electron chi connectivity index (χ1n) is 9.82. The number of benzene rings is 3. The Labute approximate surface area is 203 Å². The summed E-state index contributed by atoms with van der Waals surface area (Å²) in [5.41, 5.74) is 0.0286. The normalized spacial score (nSPS) is 12.5. The first-order valence-corrected chi connectivity index (χ1v) is 13.6. The number of hydrogen-bond acceptors (Lipinski definition) is 6. The van der Waals surface area contributed by atoms with Crippen LogP contribution in [0, 0.1) is 0 Å². The lowest BCUT2D eigenvalue weighted by Gasteiger charge is -2.22. The molecule has 0 fully saturated rings. The van der Waals surface area contributed by atoms with Crippen molar-refractivity contribution in [3.8, 4) is 5.75 Å². The average Bonchev–Trinajstić information content (AvgIpc) is 3.23. The van der Waals surface area contributed by atoms with Crippen molar-refractivity contribution in [1.82, 2.24) is 0 Å². The van der Waals surface area contributed by atoms with Gasteiger partial charge in [0.2, 0.25) is 0 Å². The van der Waals surface area contributed by atoms with Crippen LogP contribution in [0.15, 0.2) is 88.0 Å². The minimum absolute atomic E-state index is 0.0321. The summed E-state index contributed by atoms with van der Waals surface area (Å²) in [6, 6.07) is 18.2. The van der Waals surface area contributed by atoms with Crippen molar-refractivity contribution < 1.29 is 34.7 Å². The number of fused-ring (bicyclic) bond motifs is 1. The largest absolute Gasteiger partial charge is 0.573 e. The van der Waals surface area contributed by atoms with Gasteiger partial charge < -0.3 is 4.74 Å². The zero-order valence-corrected chi connectivity index (χ0v) is 20.3. The van der Waals surface area contributed by atoms with Gasteiger partial charge in [0.05, 0.1) is 16.3 Å². The van der Waals surface area contributed by atoms with Gasteiger partial charge in [0.15, 0.2) is 0 Å². The quantitative estimate of drug-likeness (QED) is 0.336. The average molecular weight is 543 g/mol. The van der Waals surface area contributed by atoms with Gasteiger partial charge in [-0.05, 0) is 53.9 Å². The van der Waals surface area contributed by atoms with E-state index >= 15 is 0 Å². The zero-order valence-electron chi connectivity index (χ0n) is 17.9. The molecule has 184 valence electrons. The van der Waals surface area contributed by atoms with Gasteiger partial charge in [-0.2, -0.15) is 0 Å². The highest BCUT2D eigenvalue weighted by Gasteiger charge is 2.31. The van der Waals surface area contributed by atoms with E-state index in [0.717, 1.165) is 50.0 Å². The molecule has 0 aliphatic carbocycles. The molecule has 0 amide bonds. The van der Waals surface area contributed by atoms with Crippen molar-refractivity contribution >= 4 is 52.8 Å². The van der Waals surface area contributed by atoms with Gasteiger partial charge in [0, 0.05) is 11.7 Å². The van der Waals surface area contributed by atoms with Crippen LogP contribution in [0.3, 0.4) is 0 Å². The summed E-state index contributed by atoms with van der Waals surface area (Å²) < 4.78 is 97.3. The standard InChI is InChI=1S/C22H17F3N2O5S3/c1-27(35(30,31)21-14-15-6-2-5-9-20(15)33-21)19-8-4-3-7-18(19)26-34(28,29)17-12-10-16(11-13-17)32-22(23,24)25/h2-14,26H,1H3. The molecule has 7 nitrogen and oxygen atoms in total. The fourth-order valence-corrected chi connectivity index (χ4v) is 7.07. The van der Waals surface area contributed by atoms with Crippen LogP contribution in [0.25, 0.3) is 10.1 Å². The molecule has 0 saturated heterocycles. The van der Waals surface area contributed by atoms with E-state index < -0.39 is 32.2 Å². The Hall–Kier alpha value is -3.29. The Bertz CT molecular complexity index is 1550. The molecule has 1 aromatic heterocycles. The Kier molecular flexibility index (Phi) is 6.42. The summed E-state index contributed by atoms with van der Waals surface area (Å²) in [5.74, 6) is -0.578. The zero-order chi connectivity index (χ0) is 25.4. The van der Waals surface area contributed by atoms with Gasteiger partial charge in [0.1, 0.15) is 9.96 Å². The van der Waals surface area contributed by atoms with Crippen LogP contribution in [0.4, 0.5) is 24.5 Å². The van der Waals surface area contributed by atoms with Gasteiger partial charge in [-0.25, -0.2) is 16.8 Å². The van der Waals surface area contributed by atoms with Crippen LogP contribution < -0.4 is 13.8 Å². The number of para-hydroxylation sites is 2. The first-order chi connectivity index (χ1) is 16.4. The summed E-state index contributed by atoms with van der Waals surface area (Å²) in [5, 5.41) is 0.761. The van der Waals surface area contributed by atoms with Crippen LogP contribution >= 0.6 is 11.3 Å². The Morgan fingerprint density at radius 3 is 2.17 bits per heavy atom. The predicted molar refractivity (Wildman–Crippen MR) is 128 cm³/mol. The molecule has 0 bridgehead atoms. The Balaban J connectivity index is 1.63. The van der Waals surface area contributed by atoms with Gasteiger partial charge in [-0.3, -0.25) is 9.03 Å². The number of rotatable bonds is 7. The summed E-state index contributed by atoms with van der Waals surface area (Å²) in [4.78, 5) is -0.336. The summed E-state index contributed by atoms with van der Waals surface area (Å²) >= 11 is 1.09. The SMILES string of the molecule is CN(c1ccccc1NS(=O)(=O)c1ccc(OC(F)(F)F)cc1)S(=O)(=O)c1cc2ccccc2s1. The van der Waals surface area contributed by atoms with E-state index in [-0.39, 0.29) is 20.5 Å². The van der Waals surface area contributed by atoms with Gasteiger partial charge in [-0.15, -0.1) is 24.5 Å². The molecule has 4 aromatic rings. The van der Waals surface area contributed by atoms with Crippen molar-refractivity contribution in [2.24, 2.45) is 0 Å². The second-order valence-electron chi connectivity index (χ2n) is 7.22. The number of sulfonamides is 2. The lowest BCUT2D eigenvalue weighted by Crippen LogP contribution is -2.27.